The average molecular weight is 239 g/mol. The van der Waals surface area contributed by atoms with Crippen LogP contribution in [0, 0.1) is 5.92 Å². The van der Waals surface area contributed by atoms with Crippen molar-refractivity contribution in [3.63, 3.8) is 0 Å². The van der Waals surface area contributed by atoms with Crippen LogP contribution in [0.5, 0.6) is 0 Å². The van der Waals surface area contributed by atoms with E-state index < -0.39 is 0 Å². The molecule has 100 valence electrons. The number of hydrogen-bond acceptors (Lipinski definition) is 2. The summed E-state index contributed by atoms with van der Waals surface area (Å²) in [6, 6.07) is 1.02. The van der Waals surface area contributed by atoms with Gasteiger partial charge < -0.3 is 10.4 Å². The fourth-order valence-corrected chi connectivity index (χ4v) is 3.70. The molecule has 0 heterocycles. The molecule has 0 amide bonds. The lowest BCUT2D eigenvalue weighted by Crippen LogP contribution is -2.49. The fraction of sp³-hybridized carbons (Fsp3) is 1.00. The van der Waals surface area contributed by atoms with Crippen LogP contribution in [0.1, 0.15) is 71.1 Å². The van der Waals surface area contributed by atoms with Gasteiger partial charge in [0.25, 0.3) is 0 Å². The van der Waals surface area contributed by atoms with Gasteiger partial charge in [-0.25, -0.2) is 0 Å². The summed E-state index contributed by atoms with van der Waals surface area (Å²) in [5.41, 5.74) is 0. The van der Waals surface area contributed by atoms with Gasteiger partial charge in [0.05, 0.1) is 6.10 Å². The molecule has 0 radical (unpaired) electrons. The molecule has 3 unspecified atom stereocenters. The van der Waals surface area contributed by atoms with Crippen molar-refractivity contribution in [3.8, 4) is 0 Å². The molecule has 17 heavy (non-hydrogen) atoms. The van der Waals surface area contributed by atoms with Gasteiger partial charge in [0.1, 0.15) is 0 Å². The fourth-order valence-electron chi connectivity index (χ4n) is 3.70. The summed E-state index contributed by atoms with van der Waals surface area (Å²) >= 11 is 0. The Morgan fingerprint density at radius 1 is 1.00 bits per heavy atom. The van der Waals surface area contributed by atoms with Crippen molar-refractivity contribution in [1.29, 1.82) is 0 Å². The van der Waals surface area contributed by atoms with Crippen molar-refractivity contribution < 1.29 is 5.11 Å². The van der Waals surface area contributed by atoms with Gasteiger partial charge in [-0.1, -0.05) is 39.0 Å². The third-order valence-electron chi connectivity index (χ3n) is 4.82. The maximum Gasteiger partial charge on any atom is 0.0693 e. The van der Waals surface area contributed by atoms with Crippen LogP contribution in [-0.2, 0) is 0 Å². The maximum atomic E-state index is 10.0. The predicted molar refractivity (Wildman–Crippen MR) is 72.1 cm³/mol. The smallest absolute Gasteiger partial charge is 0.0693 e. The van der Waals surface area contributed by atoms with Gasteiger partial charge in [-0.3, -0.25) is 0 Å². The van der Waals surface area contributed by atoms with E-state index in [1.165, 1.54) is 57.8 Å². The van der Waals surface area contributed by atoms with Gasteiger partial charge in [0, 0.05) is 12.1 Å². The molecule has 0 bridgehead atoms. The van der Waals surface area contributed by atoms with E-state index in [2.05, 4.69) is 12.2 Å². The molecular formula is C15H29NO. The lowest BCUT2D eigenvalue weighted by atomic mass is 9.81. The summed E-state index contributed by atoms with van der Waals surface area (Å²) in [6.07, 6.45) is 12.8. The topological polar surface area (TPSA) is 32.3 Å². The van der Waals surface area contributed by atoms with Crippen molar-refractivity contribution in [3.05, 3.63) is 0 Å². The second-order valence-corrected chi connectivity index (χ2v) is 6.04. The first kappa shape index (κ1) is 13.4. The van der Waals surface area contributed by atoms with Crippen LogP contribution in [0.15, 0.2) is 0 Å². The van der Waals surface area contributed by atoms with Crippen molar-refractivity contribution in [1.82, 2.24) is 5.32 Å². The molecule has 2 heteroatoms. The van der Waals surface area contributed by atoms with Crippen LogP contribution in [0.2, 0.25) is 0 Å². The Morgan fingerprint density at radius 2 is 1.65 bits per heavy atom. The third-order valence-corrected chi connectivity index (χ3v) is 4.82. The summed E-state index contributed by atoms with van der Waals surface area (Å²) in [7, 11) is 0. The molecule has 0 aromatic heterocycles. The molecule has 3 atom stereocenters. The van der Waals surface area contributed by atoms with Gasteiger partial charge in [-0.15, -0.1) is 0 Å². The highest BCUT2D eigenvalue weighted by Crippen LogP contribution is 2.29. The highest BCUT2D eigenvalue weighted by Gasteiger charge is 2.28. The first-order valence-corrected chi connectivity index (χ1v) is 7.75. The van der Waals surface area contributed by atoms with E-state index >= 15 is 0 Å². The summed E-state index contributed by atoms with van der Waals surface area (Å²) in [5, 5.41) is 13.8. The molecule has 0 aromatic rings. The Labute approximate surface area is 106 Å². The lowest BCUT2D eigenvalue weighted by molar-refractivity contribution is 0.0762. The molecule has 2 fully saturated rings. The number of rotatable bonds is 4. The van der Waals surface area contributed by atoms with Gasteiger partial charge in [0.2, 0.25) is 0 Å². The molecule has 2 nitrogen and oxygen atoms in total. The molecular weight excluding hydrogens is 210 g/mol. The highest BCUT2D eigenvalue weighted by molar-refractivity contribution is 4.86. The largest absolute Gasteiger partial charge is 0.392 e. The number of aliphatic hydroxyl groups is 1. The van der Waals surface area contributed by atoms with Crippen molar-refractivity contribution in [2.45, 2.75) is 89.3 Å². The first-order chi connectivity index (χ1) is 8.31. The van der Waals surface area contributed by atoms with Crippen molar-refractivity contribution in [2.24, 2.45) is 5.92 Å². The van der Waals surface area contributed by atoms with Gasteiger partial charge in [-0.05, 0) is 38.0 Å². The summed E-state index contributed by atoms with van der Waals surface area (Å²) < 4.78 is 0. The van der Waals surface area contributed by atoms with Gasteiger partial charge >= 0.3 is 0 Å². The SMILES string of the molecule is CCC(NC1CCCCC1O)C1CCCCC1. The second kappa shape index (κ2) is 6.75. The Hall–Kier alpha value is -0.0800. The molecule has 0 spiro atoms. The van der Waals surface area contributed by atoms with Crippen molar-refractivity contribution >= 4 is 0 Å². The standard InChI is InChI=1S/C15H29NO/c1-2-13(12-8-4-3-5-9-12)16-14-10-6-7-11-15(14)17/h12-17H,2-11H2,1H3. The maximum absolute atomic E-state index is 10.0. The Balaban J connectivity index is 1.84. The molecule has 2 N–H and O–H groups in total. The van der Waals surface area contributed by atoms with Gasteiger partial charge in [-0.2, -0.15) is 0 Å². The van der Waals surface area contributed by atoms with Crippen LogP contribution in [0.3, 0.4) is 0 Å². The van der Waals surface area contributed by atoms with E-state index in [1.54, 1.807) is 0 Å². The number of hydrogen-bond donors (Lipinski definition) is 2. The van der Waals surface area contributed by atoms with Crippen molar-refractivity contribution in [2.75, 3.05) is 0 Å². The van der Waals surface area contributed by atoms with E-state index in [9.17, 15) is 5.11 Å². The molecule has 0 aliphatic heterocycles. The second-order valence-electron chi connectivity index (χ2n) is 6.04. The van der Waals surface area contributed by atoms with Crippen LogP contribution in [0.4, 0.5) is 0 Å². The lowest BCUT2D eigenvalue weighted by Gasteiger charge is -2.37. The van der Waals surface area contributed by atoms with Crippen LogP contribution < -0.4 is 5.32 Å². The minimum absolute atomic E-state index is 0.0959. The minimum atomic E-state index is -0.0959. The quantitative estimate of drug-likeness (QED) is 0.789. The molecule has 2 rings (SSSR count). The summed E-state index contributed by atoms with van der Waals surface area (Å²) in [5.74, 6) is 0.864. The van der Waals surface area contributed by atoms with Crippen LogP contribution >= 0.6 is 0 Å². The average Bonchev–Trinajstić information content (AvgIpc) is 2.39. The molecule has 0 saturated heterocycles. The Morgan fingerprint density at radius 3 is 2.29 bits per heavy atom. The van der Waals surface area contributed by atoms with Crippen LogP contribution in [0.25, 0.3) is 0 Å². The number of aliphatic hydroxyl groups excluding tert-OH is 1. The zero-order chi connectivity index (χ0) is 12.1. The summed E-state index contributed by atoms with van der Waals surface area (Å²) in [4.78, 5) is 0. The Bertz CT molecular complexity index is 213. The zero-order valence-corrected chi connectivity index (χ0v) is 11.3. The number of nitrogens with one attached hydrogen (secondary N) is 1. The molecule has 2 saturated carbocycles. The van der Waals surface area contributed by atoms with E-state index in [-0.39, 0.29) is 6.10 Å². The van der Waals surface area contributed by atoms with E-state index in [0.29, 0.717) is 12.1 Å². The monoisotopic (exact) mass is 239 g/mol. The van der Waals surface area contributed by atoms with E-state index in [0.717, 1.165) is 12.3 Å². The molecule has 2 aliphatic carbocycles. The molecule has 0 aromatic carbocycles. The van der Waals surface area contributed by atoms with E-state index in [1.807, 2.05) is 0 Å². The van der Waals surface area contributed by atoms with Gasteiger partial charge in [0.15, 0.2) is 0 Å². The first-order valence-electron chi connectivity index (χ1n) is 7.75. The summed E-state index contributed by atoms with van der Waals surface area (Å²) in [6.45, 7) is 2.29. The Kier molecular flexibility index (Phi) is 5.30. The highest BCUT2D eigenvalue weighted by atomic mass is 16.3. The molecule has 2 aliphatic rings. The normalized spacial score (nSPS) is 33.5. The zero-order valence-electron chi connectivity index (χ0n) is 11.3. The third kappa shape index (κ3) is 3.69. The van der Waals surface area contributed by atoms with Crippen LogP contribution in [-0.4, -0.2) is 23.3 Å². The minimum Gasteiger partial charge on any atom is -0.392 e. The predicted octanol–water partition coefficient (Wildman–Crippen LogP) is 3.24. The van der Waals surface area contributed by atoms with E-state index in [4.69, 9.17) is 0 Å².